The van der Waals surface area contributed by atoms with E-state index >= 15 is 0 Å². The molecule has 0 bridgehead atoms. The van der Waals surface area contributed by atoms with Crippen molar-refractivity contribution in [3.05, 3.63) is 23.4 Å². The molecule has 0 aliphatic heterocycles. The van der Waals surface area contributed by atoms with Crippen molar-refractivity contribution in [2.75, 3.05) is 13.2 Å². The molecule has 0 unspecified atom stereocenters. The lowest BCUT2D eigenvalue weighted by Gasteiger charge is -2.11. The minimum absolute atomic E-state index is 0.738. The van der Waals surface area contributed by atoms with E-state index < -0.39 is 0 Å². The van der Waals surface area contributed by atoms with Crippen LogP contribution in [0.15, 0.2) is 12.1 Å². The molecule has 0 aromatic carbocycles. The minimum Gasteiger partial charge on any atom is -0.478 e. The van der Waals surface area contributed by atoms with E-state index in [4.69, 9.17) is 4.74 Å². The van der Waals surface area contributed by atoms with Gasteiger partial charge >= 0.3 is 0 Å². The molecule has 114 valence electrons. The first-order valence-corrected chi connectivity index (χ1v) is 7.99. The van der Waals surface area contributed by atoms with Crippen LogP contribution in [0.3, 0.4) is 0 Å². The molecule has 20 heavy (non-hydrogen) atoms. The highest BCUT2D eigenvalue weighted by atomic mass is 16.5. The second-order valence-corrected chi connectivity index (χ2v) is 5.72. The number of aromatic nitrogens is 1. The Morgan fingerprint density at radius 3 is 2.70 bits per heavy atom. The largest absolute Gasteiger partial charge is 0.478 e. The summed E-state index contributed by atoms with van der Waals surface area (Å²) >= 11 is 0. The molecular weight excluding hydrogens is 248 g/mol. The molecule has 0 saturated carbocycles. The highest BCUT2D eigenvalue weighted by Crippen LogP contribution is 2.15. The van der Waals surface area contributed by atoms with E-state index in [1.165, 1.54) is 12.0 Å². The summed E-state index contributed by atoms with van der Waals surface area (Å²) in [6, 6.07) is 4.25. The molecule has 1 N–H and O–H groups in total. The van der Waals surface area contributed by atoms with Crippen LogP contribution in [0, 0.1) is 5.92 Å². The standard InChI is InChI=1S/C17H30N2O/c1-5-8-16-11-15(13-18-6-2)12-17(19-16)20-10-7-9-14(3)4/h11-12,14,18H,5-10,13H2,1-4H3. The molecule has 0 amide bonds. The van der Waals surface area contributed by atoms with E-state index in [0.29, 0.717) is 0 Å². The van der Waals surface area contributed by atoms with Crippen molar-refractivity contribution >= 4 is 0 Å². The Kier molecular flexibility index (Phi) is 8.28. The maximum Gasteiger partial charge on any atom is 0.213 e. The van der Waals surface area contributed by atoms with Crippen LogP contribution in [-0.4, -0.2) is 18.1 Å². The number of rotatable bonds is 10. The third-order valence-electron chi connectivity index (χ3n) is 3.18. The zero-order valence-electron chi connectivity index (χ0n) is 13.5. The lowest BCUT2D eigenvalue weighted by Crippen LogP contribution is -2.12. The van der Waals surface area contributed by atoms with E-state index in [1.54, 1.807) is 0 Å². The van der Waals surface area contributed by atoms with E-state index in [9.17, 15) is 0 Å². The summed E-state index contributed by atoms with van der Waals surface area (Å²) in [5.41, 5.74) is 2.41. The van der Waals surface area contributed by atoms with Crippen molar-refractivity contribution in [1.82, 2.24) is 10.3 Å². The van der Waals surface area contributed by atoms with E-state index in [-0.39, 0.29) is 0 Å². The van der Waals surface area contributed by atoms with Crippen molar-refractivity contribution in [2.45, 2.75) is 59.9 Å². The maximum absolute atomic E-state index is 5.83. The number of nitrogens with zero attached hydrogens (tertiary/aromatic N) is 1. The second kappa shape index (κ2) is 9.76. The summed E-state index contributed by atoms with van der Waals surface area (Å²) in [5.74, 6) is 1.52. The van der Waals surface area contributed by atoms with Crippen LogP contribution in [0.25, 0.3) is 0 Å². The Bertz CT molecular complexity index is 377. The summed E-state index contributed by atoms with van der Waals surface area (Å²) in [7, 11) is 0. The molecule has 0 fully saturated rings. The van der Waals surface area contributed by atoms with Crippen LogP contribution in [0.2, 0.25) is 0 Å². The topological polar surface area (TPSA) is 34.1 Å². The van der Waals surface area contributed by atoms with Gasteiger partial charge in [-0.15, -0.1) is 0 Å². The zero-order chi connectivity index (χ0) is 14.8. The molecule has 0 aliphatic carbocycles. The highest BCUT2D eigenvalue weighted by Gasteiger charge is 2.04. The van der Waals surface area contributed by atoms with Crippen LogP contribution in [0.4, 0.5) is 0 Å². The molecule has 3 heteroatoms. The van der Waals surface area contributed by atoms with Gasteiger partial charge in [0, 0.05) is 18.3 Å². The predicted molar refractivity (Wildman–Crippen MR) is 85.2 cm³/mol. The molecule has 1 rings (SSSR count). The van der Waals surface area contributed by atoms with Gasteiger partial charge in [-0.25, -0.2) is 4.98 Å². The molecule has 1 aromatic rings. The summed E-state index contributed by atoms with van der Waals surface area (Å²) in [4.78, 5) is 4.60. The first-order chi connectivity index (χ1) is 9.65. The molecule has 0 atom stereocenters. The third-order valence-corrected chi connectivity index (χ3v) is 3.18. The van der Waals surface area contributed by atoms with Crippen LogP contribution in [0.5, 0.6) is 5.88 Å². The number of ether oxygens (including phenoxy) is 1. The van der Waals surface area contributed by atoms with Crippen molar-refractivity contribution in [2.24, 2.45) is 5.92 Å². The Hall–Kier alpha value is -1.09. The van der Waals surface area contributed by atoms with Gasteiger partial charge in [0.15, 0.2) is 0 Å². The summed E-state index contributed by atoms with van der Waals surface area (Å²) in [6.45, 7) is 11.4. The molecule has 0 radical (unpaired) electrons. The average molecular weight is 278 g/mol. The number of hydrogen-bond acceptors (Lipinski definition) is 3. The number of hydrogen-bond donors (Lipinski definition) is 1. The van der Waals surface area contributed by atoms with Gasteiger partial charge in [0.25, 0.3) is 0 Å². The Morgan fingerprint density at radius 2 is 2.05 bits per heavy atom. The molecular formula is C17H30N2O. The number of aryl methyl sites for hydroxylation is 1. The average Bonchev–Trinajstić information content (AvgIpc) is 2.41. The van der Waals surface area contributed by atoms with Gasteiger partial charge < -0.3 is 10.1 Å². The monoisotopic (exact) mass is 278 g/mol. The Morgan fingerprint density at radius 1 is 1.25 bits per heavy atom. The van der Waals surface area contributed by atoms with Crippen molar-refractivity contribution in [1.29, 1.82) is 0 Å². The summed E-state index contributed by atoms with van der Waals surface area (Å²) < 4.78 is 5.83. The van der Waals surface area contributed by atoms with Crippen molar-refractivity contribution < 1.29 is 4.74 Å². The second-order valence-electron chi connectivity index (χ2n) is 5.72. The first kappa shape index (κ1) is 17.0. The maximum atomic E-state index is 5.83. The van der Waals surface area contributed by atoms with Crippen LogP contribution >= 0.6 is 0 Å². The third kappa shape index (κ3) is 6.90. The summed E-state index contributed by atoms with van der Waals surface area (Å²) in [5, 5.41) is 3.36. The van der Waals surface area contributed by atoms with Crippen molar-refractivity contribution in [3.63, 3.8) is 0 Å². The quantitative estimate of drug-likeness (QED) is 0.658. The highest BCUT2D eigenvalue weighted by molar-refractivity contribution is 5.25. The fourth-order valence-corrected chi connectivity index (χ4v) is 2.12. The van der Waals surface area contributed by atoms with Crippen LogP contribution < -0.4 is 10.1 Å². The first-order valence-electron chi connectivity index (χ1n) is 7.99. The van der Waals surface area contributed by atoms with E-state index in [0.717, 1.165) is 56.5 Å². The molecule has 0 spiro atoms. The van der Waals surface area contributed by atoms with Gasteiger partial charge in [-0.1, -0.05) is 34.1 Å². The fraction of sp³-hybridized carbons (Fsp3) is 0.706. The normalized spacial score (nSPS) is 11.1. The van der Waals surface area contributed by atoms with Gasteiger partial charge in [0.2, 0.25) is 5.88 Å². The summed E-state index contributed by atoms with van der Waals surface area (Å²) in [6.07, 6.45) is 4.44. The van der Waals surface area contributed by atoms with E-state index in [1.807, 2.05) is 0 Å². The fourth-order valence-electron chi connectivity index (χ4n) is 2.12. The van der Waals surface area contributed by atoms with Gasteiger partial charge in [-0.3, -0.25) is 0 Å². The lowest BCUT2D eigenvalue weighted by atomic mass is 10.1. The molecule has 0 saturated heterocycles. The minimum atomic E-state index is 0.738. The number of nitrogens with one attached hydrogen (secondary N) is 1. The lowest BCUT2D eigenvalue weighted by molar-refractivity contribution is 0.286. The predicted octanol–water partition coefficient (Wildman–Crippen LogP) is 3.96. The zero-order valence-corrected chi connectivity index (χ0v) is 13.5. The van der Waals surface area contributed by atoms with Crippen LogP contribution in [-0.2, 0) is 13.0 Å². The van der Waals surface area contributed by atoms with Crippen molar-refractivity contribution in [3.8, 4) is 5.88 Å². The number of pyridine rings is 1. The van der Waals surface area contributed by atoms with Gasteiger partial charge in [-0.2, -0.15) is 0 Å². The SMILES string of the molecule is CCCc1cc(CNCC)cc(OCCCC(C)C)n1. The molecule has 0 aliphatic rings. The van der Waals surface area contributed by atoms with E-state index in [2.05, 4.69) is 50.1 Å². The smallest absolute Gasteiger partial charge is 0.213 e. The van der Waals surface area contributed by atoms with Gasteiger partial charge in [-0.05, 0) is 43.4 Å². The van der Waals surface area contributed by atoms with Gasteiger partial charge in [0.1, 0.15) is 0 Å². The van der Waals surface area contributed by atoms with Crippen LogP contribution in [0.1, 0.15) is 58.2 Å². The molecule has 1 aromatic heterocycles. The Balaban J connectivity index is 2.60. The molecule has 3 nitrogen and oxygen atoms in total. The molecule has 1 heterocycles. The van der Waals surface area contributed by atoms with Gasteiger partial charge in [0.05, 0.1) is 6.61 Å². The Labute approximate surface area is 124 Å².